The summed E-state index contributed by atoms with van der Waals surface area (Å²) in [6.07, 6.45) is 2.05. The third kappa shape index (κ3) is 4.96. The standard InChI is InChI=1S/C14H21FN2O2/c1-2-3-6-17(7-8-18)10-12-5-4-11(14(16)19)9-13(12)15/h4-5,9,18H,2-3,6-8,10H2,1H3,(H2,16,19). The van der Waals surface area contributed by atoms with Crippen LogP contribution >= 0.6 is 0 Å². The topological polar surface area (TPSA) is 66.6 Å². The monoisotopic (exact) mass is 268 g/mol. The molecular weight excluding hydrogens is 247 g/mol. The second-order valence-corrected chi connectivity index (χ2v) is 4.52. The average molecular weight is 268 g/mol. The lowest BCUT2D eigenvalue weighted by Gasteiger charge is -2.21. The van der Waals surface area contributed by atoms with E-state index in [1.165, 1.54) is 6.07 Å². The number of hydrogen-bond acceptors (Lipinski definition) is 3. The van der Waals surface area contributed by atoms with Gasteiger partial charge in [-0.1, -0.05) is 19.4 Å². The molecule has 3 N–H and O–H groups in total. The van der Waals surface area contributed by atoms with Crippen LogP contribution in [-0.4, -0.2) is 35.6 Å². The number of carbonyl (C=O) groups is 1. The fourth-order valence-electron chi connectivity index (χ4n) is 1.86. The van der Waals surface area contributed by atoms with Crippen LogP contribution in [-0.2, 0) is 6.54 Å². The van der Waals surface area contributed by atoms with Gasteiger partial charge in [0.1, 0.15) is 5.82 Å². The quantitative estimate of drug-likeness (QED) is 0.751. The first-order chi connectivity index (χ1) is 9.08. The Labute approximate surface area is 113 Å². The summed E-state index contributed by atoms with van der Waals surface area (Å²) in [5, 5.41) is 9.00. The Morgan fingerprint density at radius 3 is 2.68 bits per heavy atom. The fraction of sp³-hybridized carbons (Fsp3) is 0.500. The number of primary amides is 1. The number of amides is 1. The molecule has 0 bridgehead atoms. The molecule has 0 unspecified atom stereocenters. The molecule has 0 fully saturated rings. The molecular formula is C14H21FN2O2. The maximum absolute atomic E-state index is 13.8. The van der Waals surface area contributed by atoms with Gasteiger partial charge in [-0.2, -0.15) is 0 Å². The lowest BCUT2D eigenvalue weighted by molar-refractivity contribution is 0.1000. The van der Waals surface area contributed by atoms with Crippen LogP contribution in [0.1, 0.15) is 35.7 Å². The number of nitrogens with zero attached hydrogens (tertiary/aromatic N) is 1. The maximum atomic E-state index is 13.8. The van der Waals surface area contributed by atoms with Crippen LogP contribution in [0.5, 0.6) is 0 Å². The van der Waals surface area contributed by atoms with Gasteiger partial charge in [-0.3, -0.25) is 9.69 Å². The number of halogens is 1. The molecule has 0 saturated heterocycles. The predicted octanol–water partition coefficient (Wildman–Crippen LogP) is 1.52. The highest BCUT2D eigenvalue weighted by Gasteiger charge is 2.11. The highest BCUT2D eigenvalue weighted by molar-refractivity contribution is 5.92. The minimum Gasteiger partial charge on any atom is -0.395 e. The first-order valence-electron chi connectivity index (χ1n) is 6.50. The third-order valence-corrected chi connectivity index (χ3v) is 2.98. The van der Waals surface area contributed by atoms with Crippen molar-refractivity contribution in [3.05, 3.63) is 35.1 Å². The van der Waals surface area contributed by atoms with Crippen LogP contribution in [0.2, 0.25) is 0 Å². The Morgan fingerprint density at radius 2 is 2.16 bits per heavy atom. The zero-order chi connectivity index (χ0) is 14.3. The molecule has 0 radical (unpaired) electrons. The van der Waals surface area contributed by atoms with Crippen molar-refractivity contribution in [2.45, 2.75) is 26.3 Å². The Balaban J connectivity index is 2.75. The molecule has 1 rings (SSSR count). The zero-order valence-corrected chi connectivity index (χ0v) is 11.2. The van der Waals surface area contributed by atoms with Gasteiger partial charge < -0.3 is 10.8 Å². The van der Waals surface area contributed by atoms with Crippen molar-refractivity contribution in [2.75, 3.05) is 19.7 Å². The highest BCUT2D eigenvalue weighted by atomic mass is 19.1. The number of unbranched alkanes of at least 4 members (excludes halogenated alkanes) is 1. The molecule has 0 aromatic heterocycles. The summed E-state index contributed by atoms with van der Waals surface area (Å²) in [6.45, 7) is 3.88. The van der Waals surface area contributed by atoms with Gasteiger partial charge in [0.2, 0.25) is 5.91 Å². The summed E-state index contributed by atoms with van der Waals surface area (Å²) in [7, 11) is 0. The van der Waals surface area contributed by atoms with Gasteiger partial charge in [-0.05, 0) is 25.1 Å². The highest BCUT2D eigenvalue weighted by Crippen LogP contribution is 2.13. The SMILES string of the molecule is CCCCN(CCO)Cc1ccc(C(N)=O)cc1F. The smallest absolute Gasteiger partial charge is 0.248 e. The summed E-state index contributed by atoms with van der Waals surface area (Å²) in [6, 6.07) is 4.26. The number of nitrogens with two attached hydrogens (primary N) is 1. The molecule has 0 spiro atoms. The number of rotatable bonds is 8. The van der Waals surface area contributed by atoms with Gasteiger partial charge in [0.25, 0.3) is 0 Å². The minimum atomic E-state index is -0.636. The van der Waals surface area contributed by atoms with E-state index in [2.05, 4.69) is 6.92 Å². The van der Waals surface area contributed by atoms with E-state index in [0.717, 1.165) is 25.5 Å². The molecule has 0 aliphatic carbocycles. The molecule has 1 amide bonds. The van der Waals surface area contributed by atoms with Crippen molar-refractivity contribution in [2.24, 2.45) is 5.73 Å². The fourth-order valence-corrected chi connectivity index (χ4v) is 1.86. The molecule has 0 saturated carbocycles. The summed E-state index contributed by atoms with van der Waals surface area (Å²) >= 11 is 0. The summed E-state index contributed by atoms with van der Waals surface area (Å²) in [5.74, 6) is -1.07. The minimum absolute atomic E-state index is 0.0463. The zero-order valence-electron chi connectivity index (χ0n) is 11.2. The first kappa shape index (κ1) is 15.6. The van der Waals surface area contributed by atoms with Gasteiger partial charge in [-0.25, -0.2) is 4.39 Å². The lowest BCUT2D eigenvalue weighted by atomic mass is 10.1. The van der Waals surface area contributed by atoms with E-state index in [0.29, 0.717) is 18.7 Å². The molecule has 0 atom stereocenters. The van der Waals surface area contributed by atoms with Crippen LogP contribution < -0.4 is 5.73 Å². The van der Waals surface area contributed by atoms with Gasteiger partial charge in [0.15, 0.2) is 0 Å². The molecule has 106 valence electrons. The first-order valence-corrected chi connectivity index (χ1v) is 6.50. The summed E-state index contributed by atoms with van der Waals surface area (Å²) in [5.41, 5.74) is 5.78. The van der Waals surface area contributed by atoms with E-state index < -0.39 is 11.7 Å². The van der Waals surface area contributed by atoms with Crippen molar-refractivity contribution in [1.29, 1.82) is 0 Å². The molecule has 0 aliphatic heterocycles. The van der Waals surface area contributed by atoms with Crippen molar-refractivity contribution < 1.29 is 14.3 Å². The molecule has 19 heavy (non-hydrogen) atoms. The van der Waals surface area contributed by atoms with Crippen molar-refractivity contribution in [3.63, 3.8) is 0 Å². The van der Waals surface area contributed by atoms with E-state index >= 15 is 0 Å². The van der Waals surface area contributed by atoms with E-state index in [4.69, 9.17) is 10.8 Å². The van der Waals surface area contributed by atoms with E-state index in [1.807, 2.05) is 4.90 Å². The Kier molecular flexibility index (Phi) is 6.45. The molecule has 1 aromatic rings. The summed E-state index contributed by atoms with van der Waals surface area (Å²) in [4.78, 5) is 12.9. The second kappa shape index (κ2) is 7.86. The van der Waals surface area contributed by atoms with Crippen molar-refractivity contribution >= 4 is 5.91 Å². The second-order valence-electron chi connectivity index (χ2n) is 4.52. The summed E-state index contributed by atoms with van der Waals surface area (Å²) < 4.78 is 13.8. The van der Waals surface area contributed by atoms with Crippen LogP contribution in [0.15, 0.2) is 18.2 Å². The third-order valence-electron chi connectivity index (χ3n) is 2.98. The van der Waals surface area contributed by atoms with Crippen LogP contribution in [0.25, 0.3) is 0 Å². The number of benzene rings is 1. The predicted molar refractivity (Wildman–Crippen MR) is 72.2 cm³/mol. The van der Waals surface area contributed by atoms with Gasteiger partial charge in [-0.15, -0.1) is 0 Å². The molecule has 1 aromatic carbocycles. The van der Waals surface area contributed by atoms with Crippen LogP contribution in [0, 0.1) is 5.82 Å². The lowest BCUT2D eigenvalue weighted by Crippen LogP contribution is -2.28. The van der Waals surface area contributed by atoms with E-state index in [-0.39, 0.29) is 12.2 Å². The maximum Gasteiger partial charge on any atom is 0.248 e. The van der Waals surface area contributed by atoms with Gasteiger partial charge >= 0.3 is 0 Å². The van der Waals surface area contributed by atoms with Gasteiger partial charge in [0.05, 0.1) is 6.61 Å². The van der Waals surface area contributed by atoms with Crippen LogP contribution in [0.4, 0.5) is 4.39 Å². The largest absolute Gasteiger partial charge is 0.395 e. The Bertz CT molecular complexity index is 424. The molecule has 0 heterocycles. The Morgan fingerprint density at radius 1 is 1.42 bits per heavy atom. The van der Waals surface area contributed by atoms with E-state index in [9.17, 15) is 9.18 Å². The van der Waals surface area contributed by atoms with Crippen molar-refractivity contribution in [1.82, 2.24) is 4.90 Å². The average Bonchev–Trinajstić information content (AvgIpc) is 2.38. The number of aliphatic hydroxyl groups excluding tert-OH is 1. The Hall–Kier alpha value is -1.46. The van der Waals surface area contributed by atoms with Crippen LogP contribution in [0.3, 0.4) is 0 Å². The van der Waals surface area contributed by atoms with E-state index in [1.54, 1.807) is 6.07 Å². The van der Waals surface area contributed by atoms with Crippen molar-refractivity contribution in [3.8, 4) is 0 Å². The van der Waals surface area contributed by atoms with Gasteiger partial charge in [0, 0.05) is 24.2 Å². The molecule has 4 nitrogen and oxygen atoms in total. The molecule has 5 heteroatoms. The normalized spacial score (nSPS) is 10.9. The number of carbonyl (C=O) groups excluding carboxylic acids is 1. The number of hydrogen-bond donors (Lipinski definition) is 2. The molecule has 0 aliphatic rings. The number of aliphatic hydroxyl groups is 1.